The highest BCUT2D eigenvalue weighted by Crippen LogP contribution is 2.31. The average molecular weight is 313 g/mol. The van der Waals surface area contributed by atoms with Gasteiger partial charge in [-0.3, -0.25) is 4.79 Å². The van der Waals surface area contributed by atoms with E-state index in [9.17, 15) is 4.79 Å². The summed E-state index contributed by atoms with van der Waals surface area (Å²) < 4.78 is 16.8. The summed E-state index contributed by atoms with van der Waals surface area (Å²) in [7, 11) is 0. The van der Waals surface area contributed by atoms with Crippen molar-refractivity contribution in [2.24, 2.45) is 0 Å². The third-order valence-electron chi connectivity index (χ3n) is 3.63. The van der Waals surface area contributed by atoms with E-state index in [0.717, 1.165) is 0 Å². The quantitative estimate of drug-likeness (QED) is 0.678. The number of Topliss-reactive ketones (excluding diaryl/α,β-unsaturated/α-hetero) is 1. The molecule has 5 heteroatoms. The summed E-state index contributed by atoms with van der Waals surface area (Å²) in [5, 5.41) is 0. The first-order chi connectivity index (χ1) is 11.2. The van der Waals surface area contributed by atoms with Crippen LogP contribution in [0.1, 0.15) is 23.7 Å². The number of nitrogens with two attached hydrogens (primary N) is 1. The van der Waals surface area contributed by atoms with Crippen molar-refractivity contribution in [3.63, 3.8) is 0 Å². The van der Waals surface area contributed by atoms with Crippen molar-refractivity contribution in [2.75, 3.05) is 18.9 Å². The lowest BCUT2D eigenvalue weighted by Crippen LogP contribution is -2.27. The van der Waals surface area contributed by atoms with Gasteiger partial charge in [0.2, 0.25) is 5.78 Å². The van der Waals surface area contributed by atoms with Crippen LogP contribution >= 0.6 is 0 Å². The van der Waals surface area contributed by atoms with Crippen molar-refractivity contribution in [1.29, 1.82) is 0 Å². The zero-order valence-corrected chi connectivity index (χ0v) is 13.0. The fourth-order valence-electron chi connectivity index (χ4n) is 2.46. The highest BCUT2D eigenvalue weighted by Gasteiger charge is 2.22. The smallest absolute Gasteiger partial charge is 0.203 e. The first-order valence-corrected chi connectivity index (χ1v) is 7.63. The predicted molar refractivity (Wildman–Crippen MR) is 87.3 cm³/mol. The Morgan fingerprint density at radius 3 is 2.70 bits per heavy atom. The number of anilines is 1. The first-order valence-electron chi connectivity index (χ1n) is 7.63. The van der Waals surface area contributed by atoms with E-state index < -0.39 is 6.10 Å². The molecule has 1 atom stereocenters. The lowest BCUT2D eigenvalue weighted by atomic mass is 10.0. The molecule has 2 aromatic rings. The molecule has 0 aliphatic carbocycles. The van der Waals surface area contributed by atoms with Crippen molar-refractivity contribution >= 4 is 11.5 Å². The van der Waals surface area contributed by atoms with Crippen LogP contribution in [0.15, 0.2) is 42.5 Å². The molecule has 0 saturated carbocycles. The summed E-state index contributed by atoms with van der Waals surface area (Å²) in [5.41, 5.74) is 6.89. The highest BCUT2D eigenvalue weighted by molar-refractivity contribution is 6.00. The molecular weight excluding hydrogens is 294 g/mol. The normalized spacial score (nSPS) is 14.1. The lowest BCUT2D eigenvalue weighted by molar-refractivity contribution is 0.0785. The van der Waals surface area contributed by atoms with Gasteiger partial charge in [0.05, 0.1) is 0 Å². The molecule has 0 bridgehead atoms. The summed E-state index contributed by atoms with van der Waals surface area (Å²) in [6.07, 6.45) is -0.0124. The maximum atomic E-state index is 12.7. The molecule has 3 rings (SSSR count). The van der Waals surface area contributed by atoms with Crippen molar-refractivity contribution in [1.82, 2.24) is 0 Å². The van der Waals surface area contributed by atoms with E-state index in [-0.39, 0.29) is 5.78 Å². The summed E-state index contributed by atoms with van der Waals surface area (Å²) in [5.74, 6) is 1.76. The van der Waals surface area contributed by atoms with Crippen LogP contribution in [0.3, 0.4) is 0 Å². The summed E-state index contributed by atoms with van der Waals surface area (Å²) in [6.45, 7) is 2.92. The first kappa shape index (κ1) is 15.2. The van der Waals surface area contributed by atoms with E-state index >= 15 is 0 Å². The topological polar surface area (TPSA) is 70.8 Å². The third-order valence-corrected chi connectivity index (χ3v) is 3.63. The molecule has 0 fully saturated rings. The molecule has 120 valence electrons. The molecular formula is C18H19NO4. The molecule has 0 amide bonds. The van der Waals surface area contributed by atoms with E-state index in [1.807, 2.05) is 6.92 Å². The van der Waals surface area contributed by atoms with Crippen molar-refractivity contribution in [3.05, 3.63) is 48.0 Å². The number of hydrogen-bond acceptors (Lipinski definition) is 5. The second kappa shape index (κ2) is 6.60. The Morgan fingerprint density at radius 1 is 1.17 bits per heavy atom. The van der Waals surface area contributed by atoms with Gasteiger partial charge in [-0.15, -0.1) is 0 Å². The Balaban J connectivity index is 1.79. The van der Waals surface area contributed by atoms with Gasteiger partial charge in [0.15, 0.2) is 17.6 Å². The minimum atomic E-state index is -0.570. The zero-order valence-electron chi connectivity index (χ0n) is 13.0. The van der Waals surface area contributed by atoms with Crippen molar-refractivity contribution in [2.45, 2.75) is 19.4 Å². The highest BCUT2D eigenvalue weighted by atomic mass is 16.6. The third kappa shape index (κ3) is 3.39. The van der Waals surface area contributed by atoms with E-state index in [4.69, 9.17) is 19.9 Å². The maximum Gasteiger partial charge on any atom is 0.203 e. The van der Waals surface area contributed by atoms with Crippen LogP contribution in [0, 0.1) is 0 Å². The summed E-state index contributed by atoms with van der Waals surface area (Å²) >= 11 is 0. The van der Waals surface area contributed by atoms with Crippen LogP contribution in [0.25, 0.3) is 0 Å². The minimum Gasteiger partial charge on any atom is -0.486 e. The summed E-state index contributed by atoms with van der Waals surface area (Å²) in [6, 6.07) is 12.3. The van der Waals surface area contributed by atoms with Crippen LogP contribution in [0.5, 0.6) is 17.2 Å². The lowest BCUT2D eigenvalue weighted by Gasteiger charge is -2.20. The van der Waals surface area contributed by atoms with Gasteiger partial charge in [0.25, 0.3) is 0 Å². The molecule has 1 aliphatic rings. The van der Waals surface area contributed by atoms with Gasteiger partial charge in [-0.25, -0.2) is 0 Å². The molecule has 5 nitrogen and oxygen atoms in total. The monoisotopic (exact) mass is 313 g/mol. The van der Waals surface area contributed by atoms with Crippen LogP contribution in [0.4, 0.5) is 5.69 Å². The van der Waals surface area contributed by atoms with Gasteiger partial charge in [-0.1, -0.05) is 13.0 Å². The Morgan fingerprint density at radius 2 is 1.96 bits per heavy atom. The Hall–Kier alpha value is -2.69. The number of carbonyl (C=O) groups is 1. The molecule has 0 aromatic heterocycles. The SMILES string of the molecule is CCC(Oc1cccc(N)c1)C(=O)c1ccc2c(c1)OCCO2. The molecule has 0 spiro atoms. The van der Waals surface area contributed by atoms with E-state index in [1.54, 1.807) is 42.5 Å². The number of ether oxygens (including phenoxy) is 3. The van der Waals surface area contributed by atoms with E-state index in [0.29, 0.717) is 48.1 Å². The van der Waals surface area contributed by atoms with Gasteiger partial charge >= 0.3 is 0 Å². The fourth-order valence-corrected chi connectivity index (χ4v) is 2.46. The molecule has 23 heavy (non-hydrogen) atoms. The molecule has 1 unspecified atom stereocenters. The van der Waals surface area contributed by atoms with Gasteiger partial charge in [0.1, 0.15) is 19.0 Å². The second-order valence-corrected chi connectivity index (χ2v) is 5.31. The summed E-state index contributed by atoms with van der Waals surface area (Å²) in [4.78, 5) is 12.7. The van der Waals surface area contributed by atoms with Crippen molar-refractivity contribution < 1.29 is 19.0 Å². The van der Waals surface area contributed by atoms with Crippen LogP contribution in [-0.4, -0.2) is 25.1 Å². The van der Waals surface area contributed by atoms with Crippen LogP contribution in [0.2, 0.25) is 0 Å². The Bertz CT molecular complexity index is 714. The van der Waals surface area contributed by atoms with Gasteiger partial charge in [0, 0.05) is 17.3 Å². The molecule has 2 aromatic carbocycles. The second-order valence-electron chi connectivity index (χ2n) is 5.31. The van der Waals surface area contributed by atoms with Gasteiger partial charge in [-0.05, 0) is 36.8 Å². The Kier molecular flexibility index (Phi) is 4.37. The Labute approximate surface area is 135 Å². The zero-order chi connectivity index (χ0) is 16.2. The van der Waals surface area contributed by atoms with Crippen LogP contribution in [-0.2, 0) is 0 Å². The largest absolute Gasteiger partial charge is 0.486 e. The van der Waals surface area contributed by atoms with Gasteiger partial charge < -0.3 is 19.9 Å². The molecule has 2 N–H and O–H groups in total. The minimum absolute atomic E-state index is 0.0908. The molecule has 1 heterocycles. The molecule has 1 aliphatic heterocycles. The number of ketones is 1. The average Bonchev–Trinajstić information content (AvgIpc) is 2.58. The number of hydrogen-bond donors (Lipinski definition) is 1. The van der Waals surface area contributed by atoms with Gasteiger partial charge in [-0.2, -0.15) is 0 Å². The van der Waals surface area contributed by atoms with E-state index in [2.05, 4.69) is 0 Å². The van der Waals surface area contributed by atoms with E-state index in [1.165, 1.54) is 0 Å². The number of benzene rings is 2. The standard InChI is InChI=1S/C18H19NO4/c1-2-15(23-14-5-3-4-13(19)11-14)18(20)12-6-7-16-17(10-12)22-9-8-21-16/h3-7,10-11,15H,2,8-9,19H2,1H3. The fraction of sp³-hybridized carbons (Fsp3) is 0.278. The van der Waals surface area contributed by atoms with Crippen LogP contribution < -0.4 is 19.9 Å². The predicted octanol–water partition coefficient (Wildman–Crippen LogP) is 3.08. The molecule has 0 saturated heterocycles. The number of nitrogen functional groups attached to an aromatic ring is 1. The number of rotatable bonds is 5. The molecule has 0 radical (unpaired) electrons. The number of fused-ring (bicyclic) bond motifs is 1. The number of carbonyl (C=O) groups excluding carboxylic acids is 1. The maximum absolute atomic E-state index is 12.7. The van der Waals surface area contributed by atoms with Crippen molar-refractivity contribution in [3.8, 4) is 17.2 Å².